The highest BCUT2D eigenvalue weighted by Gasteiger charge is 2.17. The lowest BCUT2D eigenvalue weighted by atomic mass is 10.1. The third kappa shape index (κ3) is 4.29. The van der Waals surface area contributed by atoms with Gasteiger partial charge in [-0.2, -0.15) is 0 Å². The Bertz CT molecular complexity index is 743. The normalized spacial score (nSPS) is 11.6. The van der Waals surface area contributed by atoms with Crippen molar-refractivity contribution >= 4 is 17.3 Å². The fourth-order valence-electron chi connectivity index (χ4n) is 2.03. The number of non-ortho nitro benzene ring substituents is 1. The summed E-state index contributed by atoms with van der Waals surface area (Å²) < 4.78 is 5.49. The van der Waals surface area contributed by atoms with Crippen LogP contribution in [0.3, 0.4) is 0 Å². The van der Waals surface area contributed by atoms with E-state index >= 15 is 0 Å². The molecule has 0 radical (unpaired) electrons. The van der Waals surface area contributed by atoms with E-state index in [4.69, 9.17) is 4.74 Å². The van der Waals surface area contributed by atoms with Crippen LogP contribution in [0.5, 0.6) is 5.75 Å². The predicted molar refractivity (Wildman–Crippen MR) is 87.7 cm³/mol. The van der Waals surface area contributed by atoms with Crippen molar-refractivity contribution in [3.63, 3.8) is 0 Å². The number of nitrogens with zero attached hydrogens (tertiary/aromatic N) is 1. The first-order valence-electron chi connectivity index (χ1n) is 7.16. The molecule has 0 heterocycles. The van der Waals surface area contributed by atoms with E-state index in [2.05, 4.69) is 5.32 Å². The van der Waals surface area contributed by atoms with E-state index in [1.165, 1.54) is 18.2 Å². The maximum absolute atomic E-state index is 12.2. The van der Waals surface area contributed by atoms with Crippen LogP contribution in [0.2, 0.25) is 0 Å². The van der Waals surface area contributed by atoms with E-state index in [1.807, 2.05) is 32.0 Å². The van der Waals surface area contributed by atoms with Crippen molar-refractivity contribution in [1.29, 1.82) is 0 Å². The van der Waals surface area contributed by atoms with Crippen LogP contribution in [-0.4, -0.2) is 16.9 Å². The first kappa shape index (κ1) is 16.5. The average Bonchev–Trinajstić information content (AvgIpc) is 2.51. The number of carbonyl (C=O) groups excluding carboxylic acids is 1. The second kappa shape index (κ2) is 6.91. The minimum Gasteiger partial charge on any atom is -0.481 e. The number of nitro benzene ring substituents is 1. The molecule has 0 aliphatic carbocycles. The second-order valence-electron chi connectivity index (χ2n) is 5.32. The molecule has 6 heteroatoms. The van der Waals surface area contributed by atoms with E-state index < -0.39 is 11.0 Å². The monoisotopic (exact) mass is 314 g/mol. The summed E-state index contributed by atoms with van der Waals surface area (Å²) >= 11 is 0. The number of nitro groups is 1. The highest BCUT2D eigenvalue weighted by molar-refractivity contribution is 5.94. The molecule has 1 N–H and O–H groups in total. The maximum atomic E-state index is 12.2. The Hall–Kier alpha value is -2.89. The SMILES string of the molecule is Cc1ccc(C)c(NC(=O)[C@H](C)Oc2cccc([N+](=O)[O-])c2)c1. The van der Waals surface area contributed by atoms with Crippen LogP contribution < -0.4 is 10.1 Å². The lowest BCUT2D eigenvalue weighted by Crippen LogP contribution is -2.30. The Morgan fingerprint density at radius 1 is 1.22 bits per heavy atom. The molecule has 1 atom stereocenters. The van der Waals surface area contributed by atoms with Crippen LogP contribution in [-0.2, 0) is 4.79 Å². The Balaban J connectivity index is 2.07. The van der Waals surface area contributed by atoms with Crippen molar-refractivity contribution in [2.75, 3.05) is 5.32 Å². The predicted octanol–water partition coefficient (Wildman–Crippen LogP) is 3.62. The van der Waals surface area contributed by atoms with Crippen molar-refractivity contribution in [2.45, 2.75) is 26.9 Å². The lowest BCUT2D eigenvalue weighted by molar-refractivity contribution is -0.384. The molecule has 2 aromatic carbocycles. The van der Waals surface area contributed by atoms with Gasteiger partial charge in [0, 0.05) is 11.8 Å². The first-order valence-corrected chi connectivity index (χ1v) is 7.16. The molecule has 23 heavy (non-hydrogen) atoms. The third-order valence-corrected chi connectivity index (χ3v) is 3.36. The minimum absolute atomic E-state index is 0.0790. The van der Waals surface area contributed by atoms with Gasteiger partial charge < -0.3 is 10.1 Å². The van der Waals surface area contributed by atoms with E-state index in [9.17, 15) is 14.9 Å². The minimum atomic E-state index is -0.781. The number of nitrogens with one attached hydrogen (secondary N) is 1. The van der Waals surface area contributed by atoms with Gasteiger partial charge >= 0.3 is 0 Å². The summed E-state index contributed by atoms with van der Waals surface area (Å²) in [4.78, 5) is 22.5. The number of carbonyl (C=O) groups is 1. The Kier molecular flexibility index (Phi) is 4.95. The summed E-state index contributed by atoms with van der Waals surface area (Å²) in [6.07, 6.45) is -0.781. The van der Waals surface area contributed by atoms with Crippen molar-refractivity contribution in [3.05, 3.63) is 63.7 Å². The van der Waals surface area contributed by atoms with Gasteiger partial charge in [-0.15, -0.1) is 0 Å². The van der Waals surface area contributed by atoms with Gasteiger partial charge in [-0.3, -0.25) is 14.9 Å². The molecule has 0 aliphatic heterocycles. The van der Waals surface area contributed by atoms with Gasteiger partial charge in [0.2, 0.25) is 0 Å². The van der Waals surface area contributed by atoms with Crippen LogP contribution in [0, 0.1) is 24.0 Å². The van der Waals surface area contributed by atoms with Crippen LogP contribution in [0.15, 0.2) is 42.5 Å². The zero-order valence-corrected chi connectivity index (χ0v) is 13.2. The number of ether oxygens (including phenoxy) is 1. The van der Waals surface area contributed by atoms with Crippen LogP contribution in [0.4, 0.5) is 11.4 Å². The summed E-state index contributed by atoms with van der Waals surface area (Å²) in [6.45, 7) is 5.44. The molecule has 0 aromatic heterocycles. The standard InChI is InChI=1S/C17H18N2O4/c1-11-7-8-12(2)16(9-11)18-17(20)13(3)23-15-6-4-5-14(10-15)19(21)22/h4-10,13H,1-3H3,(H,18,20)/t13-/m0/s1. The van der Waals surface area contributed by atoms with Crippen LogP contribution >= 0.6 is 0 Å². The van der Waals surface area contributed by atoms with Gasteiger partial charge in [0.1, 0.15) is 5.75 Å². The number of rotatable bonds is 5. The first-order chi connectivity index (χ1) is 10.9. The van der Waals surface area contributed by atoms with Crippen molar-refractivity contribution in [1.82, 2.24) is 0 Å². The number of benzene rings is 2. The zero-order valence-electron chi connectivity index (χ0n) is 13.2. The number of hydrogen-bond acceptors (Lipinski definition) is 4. The van der Waals surface area contributed by atoms with Gasteiger partial charge in [0.15, 0.2) is 6.10 Å². The Morgan fingerprint density at radius 2 is 1.96 bits per heavy atom. The summed E-state index contributed by atoms with van der Waals surface area (Å²) in [7, 11) is 0. The summed E-state index contributed by atoms with van der Waals surface area (Å²) in [5.74, 6) is -0.0342. The lowest BCUT2D eigenvalue weighted by Gasteiger charge is -2.16. The van der Waals surface area contributed by atoms with Crippen molar-refractivity contribution in [2.24, 2.45) is 0 Å². The molecule has 0 bridgehead atoms. The number of aryl methyl sites for hydroxylation is 2. The molecule has 120 valence electrons. The van der Waals surface area contributed by atoms with Crippen LogP contribution in [0.25, 0.3) is 0 Å². The van der Waals surface area contributed by atoms with E-state index in [0.717, 1.165) is 16.8 Å². The quantitative estimate of drug-likeness (QED) is 0.675. The fraction of sp³-hybridized carbons (Fsp3) is 0.235. The summed E-state index contributed by atoms with van der Waals surface area (Å²) in [5, 5.41) is 13.6. The molecular formula is C17H18N2O4. The highest BCUT2D eigenvalue weighted by atomic mass is 16.6. The van der Waals surface area contributed by atoms with Gasteiger partial charge in [0.25, 0.3) is 11.6 Å². The van der Waals surface area contributed by atoms with Gasteiger partial charge in [-0.25, -0.2) is 0 Å². The number of amides is 1. The molecule has 0 unspecified atom stereocenters. The molecule has 0 spiro atoms. The molecule has 1 amide bonds. The molecular weight excluding hydrogens is 296 g/mol. The maximum Gasteiger partial charge on any atom is 0.273 e. The van der Waals surface area contributed by atoms with Crippen molar-refractivity contribution < 1.29 is 14.5 Å². The molecule has 2 rings (SSSR count). The van der Waals surface area contributed by atoms with Crippen molar-refractivity contribution in [3.8, 4) is 5.75 Å². The van der Waals surface area contributed by atoms with E-state index in [0.29, 0.717) is 0 Å². The summed E-state index contributed by atoms with van der Waals surface area (Å²) in [5.41, 5.74) is 2.64. The topological polar surface area (TPSA) is 81.5 Å². The largest absolute Gasteiger partial charge is 0.481 e. The second-order valence-corrected chi connectivity index (χ2v) is 5.32. The highest BCUT2D eigenvalue weighted by Crippen LogP contribution is 2.21. The van der Waals surface area contributed by atoms with E-state index in [1.54, 1.807) is 13.0 Å². The number of hydrogen-bond donors (Lipinski definition) is 1. The van der Waals surface area contributed by atoms with Gasteiger partial charge in [0.05, 0.1) is 11.0 Å². The Morgan fingerprint density at radius 3 is 2.65 bits per heavy atom. The molecule has 0 saturated heterocycles. The number of anilines is 1. The fourth-order valence-corrected chi connectivity index (χ4v) is 2.03. The smallest absolute Gasteiger partial charge is 0.273 e. The molecule has 0 aliphatic rings. The zero-order chi connectivity index (χ0) is 17.0. The van der Waals surface area contributed by atoms with Crippen LogP contribution in [0.1, 0.15) is 18.1 Å². The third-order valence-electron chi connectivity index (χ3n) is 3.36. The molecule has 0 fully saturated rings. The average molecular weight is 314 g/mol. The Labute approximate surface area is 134 Å². The van der Waals surface area contributed by atoms with Gasteiger partial charge in [-0.05, 0) is 44.0 Å². The molecule has 0 saturated carbocycles. The van der Waals surface area contributed by atoms with Gasteiger partial charge in [-0.1, -0.05) is 18.2 Å². The summed E-state index contributed by atoms with van der Waals surface area (Å²) in [6, 6.07) is 11.5. The molecule has 2 aromatic rings. The van der Waals surface area contributed by atoms with E-state index in [-0.39, 0.29) is 17.3 Å². The molecule has 6 nitrogen and oxygen atoms in total.